The van der Waals surface area contributed by atoms with Gasteiger partial charge in [-0.05, 0) is 37.7 Å². The number of hydrogen-bond acceptors (Lipinski definition) is 3. The van der Waals surface area contributed by atoms with Gasteiger partial charge in [0.2, 0.25) is 0 Å². The van der Waals surface area contributed by atoms with Crippen LogP contribution in [0.3, 0.4) is 0 Å². The van der Waals surface area contributed by atoms with Crippen molar-refractivity contribution in [2.75, 3.05) is 6.54 Å². The zero-order valence-corrected chi connectivity index (χ0v) is 12.2. The molecule has 0 radical (unpaired) electrons. The van der Waals surface area contributed by atoms with E-state index in [1.807, 2.05) is 6.92 Å². The molecule has 0 aliphatic heterocycles. The summed E-state index contributed by atoms with van der Waals surface area (Å²) in [5.74, 6) is -0.934. The molecule has 0 aliphatic carbocycles. The van der Waals surface area contributed by atoms with Gasteiger partial charge in [0.15, 0.2) is 22.8 Å². The summed E-state index contributed by atoms with van der Waals surface area (Å²) < 4.78 is 18.6. The Hall–Kier alpha value is -1.89. The second-order valence-electron chi connectivity index (χ2n) is 4.06. The SMILES string of the molecule is CCCNC(=S)NNC(=O)[C@H](C)Oc1ccccc1F. The lowest BCUT2D eigenvalue weighted by Crippen LogP contribution is -2.50. The summed E-state index contributed by atoms with van der Waals surface area (Å²) in [6, 6.07) is 5.90. The number of para-hydroxylation sites is 1. The van der Waals surface area contributed by atoms with Gasteiger partial charge in [-0.25, -0.2) is 4.39 Å². The first-order valence-electron chi connectivity index (χ1n) is 6.29. The third-order valence-electron chi connectivity index (χ3n) is 2.34. The Morgan fingerprint density at radius 1 is 1.40 bits per heavy atom. The molecule has 0 bridgehead atoms. The first kappa shape index (κ1) is 16.2. The van der Waals surface area contributed by atoms with Gasteiger partial charge in [0.05, 0.1) is 0 Å². The Morgan fingerprint density at radius 3 is 2.75 bits per heavy atom. The van der Waals surface area contributed by atoms with Crippen LogP contribution in [0.25, 0.3) is 0 Å². The Bertz CT molecular complexity index is 471. The van der Waals surface area contributed by atoms with Crippen LogP contribution in [0.5, 0.6) is 5.75 Å². The summed E-state index contributed by atoms with van der Waals surface area (Å²) in [6.07, 6.45) is 0.0659. The fourth-order valence-corrected chi connectivity index (χ4v) is 1.44. The Kier molecular flexibility index (Phi) is 6.72. The minimum Gasteiger partial charge on any atom is -0.478 e. The maximum atomic E-state index is 13.4. The smallest absolute Gasteiger partial charge is 0.279 e. The molecule has 0 saturated carbocycles. The lowest BCUT2D eigenvalue weighted by Gasteiger charge is -2.16. The normalized spacial score (nSPS) is 11.3. The van der Waals surface area contributed by atoms with Gasteiger partial charge in [0.25, 0.3) is 5.91 Å². The van der Waals surface area contributed by atoms with Crippen LogP contribution in [0.15, 0.2) is 24.3 Å². The largest absolute Gasteiger partial charge is 0.478 e. The molecule has 0 aliphatic rings. The van der Waals surface area contributed by atoms with E-state index in [0.717, 1.165) is 6.42 Å². The van der Waals surface area contributed by atoms with E-state index in [0.29, 0.717) is 11.7 Å². The van der Waals surface area contributed by atoms with Crippen molar-refractivity contribution < 1.29 is 13.9 Å². The van der Waals surface area contributed by atoms with Gasteiger partial charge in [0, 0.05) is 6.54 Å². The van der Waals surface area contributed by atoms with Crippen LogP contribution in [0.4, 0.5) is 4.39 Å². The summed E-state index contributed by atoms with van der Waals surface area (Å²) in [7, 11) is 0. The van der Waals surface area contributed by atoms with Gasteiger partial charge in [-0.3, -0.25) is 15.6 Å². The van der Waals surface area contributed by atoms with E-state index in [1.165, 1.54) is 19.1 Å². The van der Waals surface area contributed by atoms with Crippen molar-refractivity contribution in [3.05, 3.63) is 30.1 Å². The second kappa shape index (κ2) is 8.31. The van der Waals surface area contributed by atoms with Gasteiger partial charge < -0.3 is 10.1 Å². The standard InChI is InChI=1S/C13H18FN3O2S/c1-3-8-15-13(20)17-16-12(18)9(2)19-11-7-5-4-6-10(11)14/h4-7,9H,3,8H2,1-2H3,(H,16,18)(H2,15,17,20)/t9-/m0/s1. The lowest BCUT2D eigenvalue weighted by molar-refractivity contribution is -0.127. The number of nitrogens with one attached hydrogen (secondary N) is 3. The number of hydrazine groups is 1. The highest BCUT2D eigenvalue weighted by Crippen LogP contribution is 2.16. The molecule has 20 heavy (non-hydrogen) atoms. The van der Waals surface area contributed by atoms with Crippen molar-refractivity contribution >= 4 is 23.2 Å². The highest BCUT2D eigenvalue weighted by molar-refractivity contribution is 7.80. The molecule has 3 N–H and O–H groups in total. The van der Waals surface area contributed by atoms with Crippen LogP contribution in [-0.2, 0) is 4.79 Å². The fraction of sp³-hybridized carbons (Fsp3) is 0.385. The summed E-state index contributed by atoms with van der Waals surface area (Å²) >= 11 is 4.94. The minimum absolute atomic E-state index is 0.0295. The molecular weight excluding hydrogens is 281 g/mol. The van der Waals surface area contributed by atoms with Crippen LogP contribution in [0.2, 0.25) is 0 Å². The van der Waals surface area contributed by atoms with Gasteiger partial charge in [-0.1, -0.05) is 19.1 Å². The van der Waals surface area contributed by atoms with E-state index in [-0.39, 0.29) is 5.75 Å². The molecule has 0 fully saturated rings. The predicted molar refractivity (Wildman–Crippen MR) is 78.7 cm³/mol. The molecule has 0 heterocycles. The van der Waals surface area contributed by atoms with E-state index < -0.39 is 17.8 Å². The fourth-order valence-electron chi connectivity index (χ4n) is 1.29. The molecule has 1 rings (SSSR count). The van der Waals surface area contributed by atoms with E-state index in [4.69, 9.17) is 17.0 Å². The molecule has 0 aromatic heterocycles. The van der Waals surface area contributed by atoms with E-state index in [1.54, 1.807) is 12.1 Å². The summed E-state index contributed by atoms with van der Waals surface area (Å²) in [4.78, 5) is 11.7. The Morgan fingerprint density at radius 2 is 2.10 bits per heavy atom. The van der Waals surface area contributed by atoms with Crippen LogP contribution >= 0.6 is 12.2 Å². The minimum atomic E-state index is -0.853. The first-order valence-corrected chi connectivity index (χ1v) is 6.70. The Labute approximate surface area is 122 Å². The zero-order valence-electron chi connectivity index (χ0n) is 11.4. The number of halogens is 1. The number of ether oxygens (including phenoxy) is 1. The van der Waals surface area contributed by atoms with Gasteiger partial charge in [0.1, 0.15) is 0 Å². The number of rotatable bonds is 5. The third-order valence-corrected chi connectivity index (χ3v) is 2.59. The highest BCUT2D eigenvalue weighted by Gasteiger charge is 2.16. The van der Waals surface area contributed by atoms with Gasteiger partial charge in [-0.15, -0.1) is 0 Å². The topological polar surface area (TPSA) is 62.4 Å². The first-order chi connectivity index (χ1) is 9.54. The highest BCUT2D eigenvalue weighted by atomic mass is 32.1. The molecule has 1 amide bonds. The number of hydrogen-bond donors (Lipinski definition) is 3. The van der Waals surface area contributed by atoms with Gasteiger partial charge >= 0.3 is 0 Å². The predicted octanol–water partition coefficient (Wildman–Crippen LogP) is 1.50. The van der Waals surface area contributed by atoms with Crippen LogP contribution < -0.4 is 20.9 Å². The number of benzene rings is 1. The maximum absolute atomic E-state index is 13.4. The number of amides is 1. The van der Waals surface area contributed by atoms with Crippen molar-refractivity contribution in [2.24, 2.45) is 0 Å². The molecule has 1 aromatic carbocycles. The van der Waals surface area contributed by atoms with Crippen molar-refractivity contribution in [2.45, 2.75) is 26.4 Å². The van der Waals surface area contributed by atoms with E-state index >= 15 is 0 Å². The molecule has 0 saturated heterocycles. The average Bonchev–Trinajstić information content (AvgIpc) is 2.44. The summed E-state index contributed by atoms with van der Waals surface area (Å²) in [5.41, 5.74) is 4.94. The lowest BCUT2D eigenvalue weighted by atomic mass is 10.3. The zero-order chi connectivity index (χ0) is 15.0. The van der Waals surface area contributed by atoms with Crippen molar-refractivity contribution in [1.82, 2.24) is 16.2 Å². The number of thiocarbonyl (C=S) groups is 1. The molecule has 0 spiro atoms. The monoisotopic (exact) mass is 299 g/mol. The number of carbonyl (C=O) groups is 1. The van der Waals surface area contributed by atoms with Crippen molar-refractivity contribution in [1.29, 1.82) is 0 Å². The molecule has 1 aromatic rings. The van der Waals surface area contributed by atoms with Crippen LogP contribution in [-0.4, -0.2) is 23.7 Å². The maximum Gasteiger partial charge on any atom is 0.279 e. The Balaban J connectivity index is 2.40. The molecule has 7 heteroatoms. The van der Waals surface area contributed by atoms with Crippen LogP contribution in [0, 0.1) is 5.82 Å². The molecule has 1 atom stereocenters. The summed E-state index contributed by atoms with van der Waals surface area (Å²) in [6.45, 7) is 4.23. The molecule has 5 nitrogen and oxygen atoms in total. The number of carbonyl (C=O) groups excluding carboxylic acids is 1. The molecular formula is C13H18FN3O2S. The van der Waals surface area contributed by atoms with Crippen molar-refractivity contribution in [3.63, 3.8) is 0 Å². The summed E-state index contributed by atoms with van der Waals surface area (Å²) in [5, 5.41) is 3.21. The second-order valence-corrected chi connectivity index (χ2v) is 4.47. The van der Waals surface area contributed by atoms with Gasteiger partial charge in [-0.2, -0.15) is 0 Å². The molecule has 0 unspecified atom stereocenters. The van der Waals surface area contributed by atoms with Crippen molar-refractivity contribution in [3.8, 4) is 5.75 Å². The van der Waals surface area contributed by atoms with Crippen LogP contribution in [0.1, 0.15) is 20.3 Å². The average molecular weight is 299 g/mol. The quantitative estimate of drug-likeness (QED) is 0.568. The van der Waals surface area contributed by atoms with E-state index in [9.17, 15) is 9.18 Å². The molecule has 110 valence electrons. The third kappa shape index (κ3) is 5.40. The van der Waals surface area contributed by atoms with E-state index in [2.05, 4.69) is 16.2 Å².